The van der Waals surface area contributed by atoms with E-state index in [0.717, 1.165) is 18.4 Å². The Labute approximate surface area is 76.9 Å². The third kappa shape index (κ3) is 1.51. The molecule has 0 amide bonds. The zero-order valence-corrected chi connectivity index (χ0v) is 7.49. The first kappa shape index (κ1) is 8.84. The molecule has 1 saturated carbocycles. The number of rotatable bonds is 1. The average molecular weight is 183 g/mol. The van der Waals surface area contributed by atoms with Crippen LogP contribution in [-0.2, 0) is 9.47 Å². The van der Waals surface area contributed by atoms with E-state index in [-0.39, 0.29) is 6.04 Å². The maximum absolute atomic E-state index is 10.5. The second-order valence-electron chi connectivity index (χ2n) is 3.59. The van der Waals surface area contributed by atoms with Crippen LogP contribution in [0.1, 0.15) is 19.3 Å². The van der Waals surface area contributed by atoms with Crippen molar-refractivity contribution in [1.29, 1.82) is 0 Å². The van der Waals surface area contributed by atoms with E-state index in [0.29, 0.717) is 19.6 Å². The van der Waals surface area contributed by atoms with Gasteiger partial charge >= 0.3 is 0 Å². The summed E-state index contributed by atoms with van der Waals surface area (Å²) in [5.41, 5.74) is 0.903. The van der Waals surface area contributed by atoms with Crippen molar-refractivity contribution in [3.05, 3.63) is 17.1 Å². The fourth-order valence-corrected chi connectivity index (χ4v) is 1.93. The lowest BCUT2D eigenvalue weighted by atomic mass is 9.87. The lowest BCUT2D eigenvalue weighted by Crippen LogP contribution is -2.38. The first-order chi connectivity index (χ1) is 6.26. The van der Waals surface area contributed by atoms with Crippen LogP contribution in [-0.4, -0.2) is 25.0 Å². The van der Waals surface area contributed by atoms with Gasteiger partial charge in [0.25, 0.3) is 0 Å². The minimum atomic E-state index is -0.528. The largest absolute Gasteiger partial charge is 0.347 e. The third-order valence-corrected chi connectivity index (χ3v) is 2.74. The highest BCUT2D eigenvalue weighted by Gasteiger charge is 2.43. The zero-order valence-electron chi connectivity index (χ0n) is 7.49. The Bertz CT molecular complexity index is 233. The van der Waals surface area contributed by atoms with Gasteiger partial charge in [0.05, 0.1) is 13.2 Å². The van der Waals surface area contributed by atoms with Crippen molar-refractivity contribution in [2.24, 2.45) is 5.18 Å². The molecule has 0 aromatic heterocycles. The fourth-order valence-electron chi connectivity index (χ4n) is 1.93. The molecule has 4 nitrogen and oxygen atoms in total. The first-order valence-electron chi connectivity index (χ1n) is 4.54. The molecule has 13 heavy (non-hydrogen) atoms. The summed E-state index contributed by atoms with van der Waals surface area (Å²) in [4.78, 5) is 10.5. The van der Waals surface area contributed by atoms with E-state index >= 15 is 0 Å². The van der Waals surface area contributed by atoms with Gasteiger partial charge in [0.1, 0.15) is 6.04 Å². The van der Waals surface area contributed by atoms with Gasteiger partial charge in [0, 0.05) is 12.8 Å². The van der Waals surface area contributed by atoms with Crippen molar-refractivity contribution >= 4 is 0 Å². The van der Waals surface area contributed by atoms with Crippen LogP contribution in [0, 0.1) is 4.91 Å². The molecule has 1 saturated heterocycles. The van der Waals surface area contributed by atoms with Crippen molar-refractivity contribution in [3.63, 3.8) is 0 Å². The summed E-state index contributed by atoms with van der Waals surface area (Å²) in [5.74, 6) is -0.528. The smallest absolute Gasteiger partial charge is 0.171 e. The molecule has 1 aliphatic heterocycles. The highest BCUT2D eigenvalue weighted by molar-refractivity contribution is 5.12. The van der Waals surface area contributed by atoms with E-state index in [1.807, 2.05) is 0 Å². The maximum atomic E-state index is 10.5. The third-order valence-electron chi connectivity index (χ3n) is 2.74. The van der Waals surface area contributed by atoms with Crippen LogP contribution in [0.2, 0.25) is 0 Å². The Morgan fingerprint density at radius 1 is 1.46 bits per heavy atom. The molecule has 2 fully saturated rings. The van der Waals surface area contributed by atoms with E-state index in [1.165, 1.54) is 0 Å². The molecule has 0 N–H and O–H groups in total. The molecule has 1 aliphatic carbocycles. The summed E-state index contributed by atoms with van der Waals surface area (Å²) in [7, 11) is 0. The fraction of sp³-hybridized carbons (Fsp3) is 0.778. The summed E-state index contributed by atoms with van der Waals surface area (Å²) in [5, 5.41) is 3.04. The van der Waals surface area contributed by atoms with Gasteiger partial charge in [0.2, 0.25) is 0 Å². The van der Waals surface area contributed by atoms with Gasteiger partial charge in [-0.1, -0.05) is 11.8 Å². The molecule has 0 aromatic carbocycles. The van der Waals surface area contributed by atoms with Gasteiger partial charge in [-0.15, -0.1) is 0 Å². The lowest BCUT2D eigenvalue weighted by Gasteiger charge is -2.34. The SMILES string of the molecule is C=C1CCC2(C[C@H]1N=O)OCCO2. The Hall–Kier alpha value is -0.740. The number of ether oxygens (including phenoxy) is 2. The number of nitrogens with zero attached hydrogens (tertiary/aromatic N) is 1. The molecule has 1 atom stereocenters. The average Bonchev–Trinajstić information content (AvgIpc) is 2.59. The Morgan fingerprint density at radius 3 is 2.77 bits per heavy atom. The summed E-state index contributed by atoms with van der Waals surface area (Å²) < 4.78 is 11.0. The van der Waals surface area contributed by atoms with E-state index in [4.69, 9.17) is 9.47 Å². The molecule has 4 heteroatoms. The molecule has 0 aromatic rings. The standard InChI is InChI=1S/C9H13NO3/c1-7-2-3-9(6-8(7)10-11)12-4-5-13-9/h8H,1-6H2/t8-/m1/s1. The highest BCUT2D eigenvalue weighted by Crippen LogP contribution is 2.38. The predicted molar refractivity (Wildman–Crippen MR) is 47.2 cm³/mol. The Morgan fingerprint density at radius 2 is 2.15 bits per heavy atom. The van der Waals surface area contributed by atoms with Crippen LogP contribution >= 0.6 is 0 Å². The molecule has 1 spiro atoms. The van der Waals surface area contributed by atoms with E-state index in [2.05, 4.69) is 11.8 Å². The second-order valence-corrected chi connectivity index (χ2v) is 3.59. The molecular weight excluding hydrogens is 170 g/mol. The highest BCUT2D eigenvalue weighted by atomic mass is 16.7. The van der Waals surface area contributed by atoms with Crippen LogP contribution in [0.3, 0.4) is 0 Å². The summed E-state index contributed by atoms with van der Waals surface area (Å²) in [6.07, 6.45) is 2.11. The molecule has 0 unspecified atom stereocenters. The van der Waals surface area contributed by atoms with Gasteiger partial charge in [-0.25, -0.2) is 0 Å². The normalized spacial score (nSPS) is 32.3. The van der Waals surface area contributed by atoms with Gasteiger partial charge in [-0.3, -0.25) is 0 Å². The van der Waals surface area contributed by atoms with Gasteiger partial charge in [0.15, 0.2) is 5.79 Å². The molecule has 1 heterocycles. The van der Waals surface area contributed by atoms with Gasteiger partial charge in [-0.05, 0) is 12.0 Å². The zero-order chi connectivity index (χ0) is 9.31. The predicted octanol–water partition coefficient (Wildman–Crippen LogP) is 1.60. The van der Waals surface area contributed by atoms with Crippen molar-refractivity contribution < 1.29 is 9.47 Å². The summed E-state index contributed by atoms with van der Waals surface area (Å²) in [6, 6.07) is -0.327. The summed E-state index contributed by atoms with van der Waals surface area (Å²) >= 11 is 0. The molecule has 0 radical (unpaired) electrons. The minimum Gasteiger partial charge on any atom is -0.347 e. The number of nitroso groups, excluding NO2 is 1. The number of hydrogen-bond acceptors (Lipinski definition) is 4. The maximum Gasteiger partial charge on any atom is 0.171 e. The molecule has 0 bridgehead atoms. The quantitative estimate of drug-likeness (QED) is 0.458. The minimum absolute atomic E-state index is 0.327. The van der Waals surface area contributed by atoms with Gasteiger partial charge in [-0.2, -0.15) is 4.91 Å². The van der Waals surface area contributed by atoms with Gasteiger partial charge < -0.3 is 9.47 Å². The van der Waals surface area contributed by atoms with E-state index in [1.54, 1.807) is 0 Å². The van der Waals surface area contributed by atoms with Crippen LogP contribution in [0.15, 0.2) is 17.3 Å². The molecule has 2 aliphatic rings. The number of hydrogen-bond donors (Lipinski definition) is 0. The first-order valence-corrected chi connectivity index (χ1v) is 4.54. The van der Waals surface area contributed by atoms with Crippen molar-refractivity contribution in [1.82, 2.24) is 0 Å². The molecule has 2 rings (SSSR count). The van der Waals surface area contributed by atoms with Crippen LogP contribution in [0.25, 0.3) is 0 Å². The summed E-state index contributed by atoms with van der Waals surface area (Å²) in [6.45, 7) is 5.06. The lowest BCUT2D eigenvalue weighted by molar-refractivity contribution is -0.173. The van der Waals surface area contributed by atoms with E-state index < -0.39 is 5.79 Å². The van der Waals surface area contributed by atoms with Crippen LogP contribution < -0.4 is 0 Å². The van der Waals surface area contributed by atoms with E-state index in [9.17, 15) is 4.91 Å². The Kier molecular flexibility index (Phi) is 2.17. The van der Waals surface area contributed by atoms with Crippen LogP contribution in [0.4, 0.5) is 0 Å². The van der Waals surface area contributed by atoms with Crippen molar-refractivity contribution in [2.75, 3.05) is 13.2 Å². The van der Waals surface area contributed by atoms with Crippen LogP contribution in [0.5, 0.6) is 0 Å². The second kappa shape index (κ2) is 3.20. The van der Waals surface area contributed by atoms with Crippen molar-refractivity contribution in [2.45, 2.75) is 31.1 Å². The topological polar surface area (TPSA) is 47.9 Å². The monoisotopic (exact) mass is 183 g/mol. The van der Waals surface area contributed by atoms with Crippen molar-refractivity contribution in [3.8, 4) is 0 Å². The Balaban J connectivity index is 2.09. The molecule has 72 valence electrons. The molecular formula is C9H13NO3.